The Kier molecular flexibility index (Phi) is 9.04. The van der Waals surface area contributed by atoms with Gasteiger partial charge in [0.15, 0.2) is 0 Å². The molecular formula is C22H35N3O3S2. The fraction of sp³-hybridized carbons (Fsp3) is 0.682. The summed E-state index contributed by atoms with van der Waals surface area (Å²) < 4.78 is 25.6. The molecule has 1 N–H and O–H groups in total. The van der Waals surface area contributed by atoms with Crippen LogP contribution in [0.25, 0.3) is 0 Å². The first-order chi connectivity index (χ1) is 14.5. The molecule has 2 aliphatic rings. The minimum atomic E-state index is -3.10. The van der Waals surface area contributed by atoms with Gasteiger partial charge in [-0.3, -0.25) is 9.69 Å². The Morgan fingerprint density at radius 2 is 1.87 bits per heavy atom. The number of carbonyl (C=O) groups is 1. The molecule has 1 heterocycles. The molecule has 0 bridgehead atoms. The molecule has 6 nitrogen and oxygen atoms in total. The van der Waals surface area contributed by atoms with Crippen LogP contribution in [0, 0.1) is 0 Å². The van der Waals surface area contributed by atoms with Gasteiger partial charge in [0, 0.05) is 55.8 Å². The summed E-state index contributed by atoms with van der Waals surface area (Å²) in [7, 11) is -3.10. The molecule has 1 amide bonds. The third kappa shape index (κ3) is 6.97. The number of thioether (sulfide) groups is 1. The van der Waals surface area contributed by atoms with Crippen LogP contribution in [0.2, 0.25) is 0 Å². The lowest BCUT2D eigenvalue weighted by molar-refractivity contribution is 0.0956. The summed E-state index contributed by atoms with van der Waals surface area (Å²) in [4.78, 5) is 14.8. The van der Waals surface area contributed by atoms with E-state index in [1.807, 2.05) is 36.0 Å². The van der Waals surface area contributed by atoms with Crippen molar-refractivity contribution in [1.82, 2.24) is 14.5 Å². The normalized spacial score (nSPS) is 19.6. The van der Waals surface area contributed by atoms with Gasteiger partial charge in [0.2, 0.25) is 10.0 Å². The molecule has 0 atom stereocenters. The van der Waals surface area contributed by atoms with Crippen LogP contribution in [-0.4, -0.2) is 73.0 Å². The molecule has 0 aromatic heterocycles. The third-order valence-electron chi connectivity index (χ3n) is 5.98. The highest BCUT2D eigenvalue weighted by molar-refractivity contribution is 7.99. The number of nitrogens with zero attached hydrogens (tertiary/aromatic N) is 2. The number of amides is 1. The molecule has 1 aromatic carbocycles. The second-order valence-electron chi connectivity index (χ2n) is 8.16. The van der Waals surface area contributed by atoms with Gasteiger partial charge in [0.1, 0.15) is 0 Å². The Morgan fingerprint density at radius 3 is 2.57 bits per heavy atom. The highest BCUT2D eigenvalue weighted by Crippen LogP contribution is 2.27. The fourth-order valence-electron chi connectivity index (χ4n) is 4.14. The minimum Gasteiger partial charge on any atom is -0.351 e. The number of rotatable bonds is 9. The van der Waals surface area contributed by atoms with E-state index in [9.17, 15) is 13.2 Å². The molecule has 2 fully saturated rings. The predicted molar refractivity (Wildman–Crippen MR) is 124 cm³/mol. The van der Waals surface area contributed by atoms with Gasteiger partial charge in [-0.15, -0.1) is 0 Å². The zero-order valence-electron chi connectivity index (χ0n) is 18.0. The summed E-state index contributed by atoms with van der Waals surface area (Å²) in [5.74, 6) is 1.12. The van der Waals surface area contributed by atoms with Gasteiger partial charge in [-0.2, -0.15) is 16.1 Å². The summed E-state index contributed by atoms with van der Waals surface area (Å²) >= 11 is 2.00. The van der Waals surface area contributed by atoms with Crippen LogP contribution >= 0.6 is 11.8 Å². The lowest BCUT2D eigenvalue weighted by Gasteiger charge is -2.33. The summed E-state index contributed by atoms with van der Waals surface area (Å²) in [6.45, 7) is 5.63. The molecule has 1 saturated heterocycles. The number of piperazine rings is 1. The number of nitrogens with one attached hydrogen (secondary N) is 1. The Bertz CT molecular complexity index is 787. The van der Waals surface area contributed by atoms with E-state index in [1.54, 1.807) is 11.2 Å². The Labute approximate surface area is 185 Å². The summed E-state index contributed by atoms with van der Waals surface area (Å²) in [6, 6.07) is 7.78. The second-order valence-corrected chi connectivity index (χ2v) is 11.8. The van der Waals surface area contributed by atoms with E-state index < -0.39 is 10.0 Å². The van der Waals surface area contributed by atoms with E-state index in [0.717, 1.165) is 23.1 Å². The van der Waals surface area contributed by atoms with Gasteiger partial charge in [0.05, 0.1) is 5.75 Å². The Hall–Kier alpha value is -1.09. The molecule has 1 aromatic rings. The molecule has 1 aliphatic heterocycles. The summed E-state index contributed by atoms with van der Waals surface area (Å²) in [5, 5.41) is 3.82. The maximum absolute atomic E-state index is 12.5. The molecule has 3 rings (SSSR count). The van der Waals surface area contributed by atoms with Crippen molar-refractivity contribution in [3.05, 3.63) is 35.4 Å². The van der Waals surface area contributed by atoms with E-state index in [4.69, 9.17) is 0 Å². The van der Waals surface area contributed by atoms with Gasteiger partial charge in [-0.05, 0) is 37.5 Å². The van der Waals surface area contributed by atoms with Crippen LogP contribution < -0.4 is 5.32 Å². The van der Waals surface area contributed by atoms with E-state index in [-0.39, 0.29) is 11.7 Å². The average Bonchev–Trinajstić information content (AvgIpc) is 2.78. The molecule has 30 heavy (non-hydrogen) atoms. The first-order valence-electron chi connectivity index (χ1n) is 11.2. The lowest BCUT2D eigenvalue weighted by atomic mass is 10.0. The SMILES string of the molecule is CCS(=O)(=O)N1CCN(Cc2cccc(C(=O)NCCSC3CCCCC3)c2)CC1. The number of sulfonamides is 1. The monoisotopic (exact) mass is 453 g/mol. The number of hydrogen-bond acceptors (Lipinski definition) is 5. The Morgan fingerprint density at radius 1 is 1.13 bits per heavy atom. The maximum Gasteiger partial charge on any atom is 0.251 e. The predicted octanol–water partition coefficient (Wildman–Crippen LogP) is 2.95. The first kappa shape index (κ1) is 23.6. The quantitative estimate of drug-likeness (QED) is 0.582. The standard InChI is InChI=1S/C22H35N3O3S2/c1-2-30(27,28)25-14-12-24(13-15-25)18-19-7-6-8-20(17-19)22(26)23-11-16-29-21-9-4-3-5-10-21/h6-8,17,21H,2-5,9-16,18H2,1H3,(H,23,26). The smallest absolute Gasteiger partial charge is 0.251 e. The van der Waals surface area contributed by atoms with Crippen molar-refractivity contribution in [2.24, 2.45) is 0 Å². The van der Waals surface area contributed by atoms with Gasteiger partial charge in [-0.25, -0.2) is 8.42 Å². The minimum absolute atomic E-state index is 0.0139. The van der Waals surface area contributed by atoms with Crippen molar-refractivity contribution in [2.45, 2.75) is 50.8 Å². The molecule has 1 saturated carbocycles. The molecule has 0 spiro atoms. The highest BCUT2D eigenvalue weighted by Gasteiger charge is 2.25. The van der Waals surface area contributed by atoms with E-state index in [1.165, 1.54) is 32.1 Å². The van der Waals surface area contributed by atoms with Crippen molar-refractivity contribution >= 4 is 27.7 Å². The van der Waals surface area contributed by atoms with Crippen molar-refractivity contribution in [1.29, 1.82) is 0 Å². The van der Waals surface area contributed by atoms with E-state index >= 15 is 0 Å². The lowest BCUT2D eigenvalue weighted by Crippen LogP contribution is -2.48. The Balaban J connectivity index is 1.42. The molecule has 0 unspecified atom stereocenters. The molecule has 1 aliphatic carbocycles. The second kappa shape index (κ2) is 11.5. The van der Waals surface area contributed by atoms with Gasteiger partial charge in [0.25, 0.3) is 5.91 Å². The van der Waals surface area contributed by atoms with Crippen LogP contribution in [-0.2, 0) is 16.6 Å². The fourth-order valence-corrected chi connectivity index (χ4v) is 6.45. The highest BCUT2D eigenvalue weighted by atomic mass is 32.2. The van der Waals surface area contributed by atoms with E-state index in [0.29, 0.717) is 38.3 Å². The maximum atomic E-state index is 12.5. The van der Waals surface area contributed by atoms with Gasteiger partial charge >= 0.3 is 0 Å². The number of carbonyl (C=O) groups excluding carboxylic acids is 1. The van der Waals surface area contributed by atoms with Crippen molar-refractivity contribution in [3.8, 4) is 0 Å². The zero-order valence-corrected chi connectivity index (χ0v) is 19.6. The van der Waals surface area contributed by atoms with Gasteiger partial charge < -0.3 is 5.32 Å². The largest absolute Gasteiger partial charge is 0.351 e. The zero-order chi connectivity index (χ0) is 21.4. The molecule has 168 valence electrons. The topological polar surface area (TPSA) is 69.7 Å². The summed E-state index contributed by atoms with van der Waals surface area (Å²) in [5.41, 5.74) is 1.79. The van der Waals surface area contributed by atoms with Gasteiger partial charge in [-0.1, -0.05) is 31.4 Å². The first-order valence-corrected chi connectivity index (χ1v) is 13.8. The summed E-state index contributed by atoms with van der Waals surface area (Å²) in [6.07, 6.45) is 6.71. The van der Waals surface area contributed by atoms with Crippen LogP contribution in [0.4, 0.5) is 0 Å². The van der Waals surface area contributed by atoms with Crippen LogP contribution in [0.15, 0.2) is 24.3 Å². The average molecular weight is 454 g/mol. The van der Waals surface area contributed by atoms with E-state index in [2.05, 4.69) is 10.2 Å². The van der Waals surface area contributed by atoms with Crippen molar-refractivity contribution in [2.75, 3.05) is 44.2 Å². The van der Waals surface area contributed by atoms with Crippen molar-refractivity contribution in [3.63, 3.8) is 0 Å². The van der Waals surface area contributed by atoms with Crippen LogP contribution in [0.1, 0.15) is 54.9 Å². The molecule has 8 heteroatoms. The van der Waals surface area contributed by atoms with Crippen LogP contribution in [0.5, 0.6) is 0 Å². The number of benzene rings is 1. The van der Waals surface area contributed by atoms with Crippen molar-refractivity contribution < 1.29 is 13.2 Å². The van der Waals surface area contributed by atoms with Crippen LogP contribution in [0.3, 0.4) is 0 Å². The molecule has 0 radical (unpaired) electrons. The number of hydrogen-bond donors (Lipinski definition) is 1. The third-order valence-corrected chi connectivity index (χ3v) is 9.24. The molecular weight excluding hydrogens is 418 g/mol.